The molecular formula is C14H24N6O. The summed E-state index contributed by atoms with van der Waals surface area (Å²) in [5.74, 6) is 1.16. The number of rotatable bonds is 9. The highest BCUT2D eigenvalue weighted by atomic mass is 16.5. The predicted octanol–water partition coefficient (Wildman–Crippen LogP) is 1.90. The smallest absolute Gasteiger partial charge is 0.229 e. The van der Waals surface area contributed by atoms with Gasteiger partial charge in [0.05, 0.1) is 6.20 Å². The predicted molar refractivity (Wildman–Crippen MR) is 83.7 cm³/mol. The van der Waals surface area contributed by atoms with E-state index in [9.17, 15) is 0 Å². The lowest BCUT2D eigenvalue weighted by atomic mass is 10.4. The van der Waals surface area contributed by atoms with E-state index in [0.717, 1.165) is 38.0 Å². The quantitative estimate of drug-likeness (QED) is 0.735. The van der Waals surface area contributed by atoms with Crippen LogP contribution in [0.25, 0.3) is 11.0 Å². The fraction of sp³-hybridized carbons (Fsp3) is 0.643. The zero-order valence-electron chi connectivity index (χ0n) is 13.0. The molecule has 0 fully saturated rings. The molecule has 2 heterocycles. The van der Waals surface area contributed by atoms with Gasteiger partial charge in [0.15, 0.2) is 5.65 Å². The molecule has 2 N–H and O–H groups in total. The van der Waals surface area contributed by atoms with Crippen molar-refractivity contribution < 1.29 is 4.74 Å². The van der Waals surface area contributed by atoms with Crippen LogP contribution in [0.15, 0.2) is 6.20 Å². The Hall–Kier alpha value is -1.89. The minimum absolute atomic E-state index is 0.575. The molecular weight excluding hydrogens is 268 g/mol. The molecule has 0 saturated heterocycles. The number of H-pyrrole nitrogens is 1. The van der Waals surface area contributed by atoms with Gasteiger partial charge in [-0.05, 0) is 19.5 Å². The first kappa shape index (κ1) is 15.5. The summed E-state index contributed by atoms with van der Waals surface area (Å²) in [7, 11) is 0. The van der Waals surface area contributed by atoms with Gasteiger partial charge >= 0.3 is 0 Å². The molecule has 21 heavy (non-hydrogen) atoms. The largest absolute Gasteiger partial charge is 0.476 e. The number of anilines is 1. The van der Waals surface area contributed by atoms with Crippen LogP contribution in [-0.2, 0) is 0 Å². The summed E-state index contributed by atoms with van der Waals surface area (Å²) in [6.45, 7) is 10.8. The van der Waals surface area contributed by atoms with E-state index in [1.165, 1.54) is 0 Å². The van der Waals surface area contributed by atoms with Crippen molar-refractivity contribution in [1.82, 2.24) is 25.1 Å². The first-order valence-electron chi connectivity index (χ1n) is 7.58. The zero-order chi connectivity index (χ0) is 15.1. The Balaban J connectivity index is 2.07. The normalized spacial score (nSPS) is 11.2. The summed E-state index contributed by atoms with van der Waals surface area (Å²) in [4.78, 5) is 11.1. The maximum absolute atomic E-state index is 5.84. The zero-order valence-corrected chi connectivity index (χ0v) is 13.0. The number of fused-ring (bicyclic) bond motifs is 1. The van der Waals surface area contributed by atoms with E-state index < -0.39 is 0 Å². The van der Waals surface area contributed by atoms with E-state index in [-0.39, 0.29) is 0 Å². The highest BCUT2D eigenvalue weighted by molar-refractivity contribution is 5.80. The molecule has 0 aliphatic heterocycles. The third-order valence-corrected chi connectivity index (χ3v) is 3.35. The number of ether oxygens (including phenoxy) is 1. The van der Waals surface area contributed by atoms with Gasteiger partial charge in [0.1, 0.15) is 12.0 Å². The average molecular weight is 292 g/mol. The van der Waals surface area contributed by atoms with Crippen LogP contribution in [0.1, 0.15) is 27.2 Å². The molecule has 0 bridgehead atoms. The molecule has 7 heteroatoms. The fourth-order valence-corrected chi connectivity index (χ4v) is 2.05. The van der Waals surface area contributed by atoms with Crippen LogP contribution in [-0.4, -0.2) is 57.9 Å². The molecule has 0 atom stereocenters. The highest BCUT2D eigenvalue weighted by Crippen LogP contribution is 2.22. The number of likely N-dealkylation sites (N-methyl/N-ethyl adjacent to an activating group) is 1. The fourth-order valence-electron chi connectivity index (χ4n) is 2.05. The summed E-state index contributed by atoms with van der Waals surface area (Å²) in [6, 6.07) is 0. The van der Waals surface area contributed by atoms with Gasteiger partial charge in [-0.25, -0.2) is 0 Å². The summed E-state index contributed by atoms with van der Waals surface area (Å²) in [6.07, 6.45) is 2.72. The van der Waals surface area contributed by atoms with E-state index in [1.807, 2.05) is 0 Å². The number of nitrogens with zero attached hydrogens (tertiary/aromatic N) is 4. The average Bonchev–Trinajstić information content (AvgIpc) is 2.98. The molecule has 0 amide bonds. The van der Waals surface area contributed by atoms with Gasteiger partial charge < -0.3 is 15.0 Å². The van der Waals surface area contributed by atoms with Gasteiger partial charge in [-0.1, -0.05) is 20.8 Å². The lowest BCUT2D eigenvalue weighted by Gasteiger charge is -2.18. The highest BCUT2D eigenvalue weighted by Gasteiger charge is 2.11. The molecule has 7 nitrogen and oxygen atoms in total. The third kappa shape index (κ3) is 4.04. The summed E-state index contributed by atoms with van der Waals surface area (Å²) < 4.78 is 5.84. The Kier molecular flexibility index (Phi) is 5.74. The van der Waals surface area contributed by atoms with Crippen LogP contribution in [0.2, 0.25) is 0 Å². The topological polar surface area (TPSA) is 79.0 Å². The maximum atomic E-state index is 5.84. The molecule has 2 aromatic rings. The van der Waals surface area contributed by atoms with Gasteiger partial charge in [-0.15, -0.1) is 0 Å². The minimum Gasteiger partial charge on any atom is -0.476 e. The third-order valence-electron chi connectivity index (χ3n) is 3.35. The molecule has 0 aliphatic rings. The Morgan fingerprint density at radius 2 is 2.05 bits per heavy atom. The molecule has 0 spiro atoms. The Bertz CT molecular complexity index is 551. The maximum Gasteiger partial charge on any atom is 0.229 e. The first-order valence-corrected chi connectivity index (χ1v) is 7.58. The summed E-state index contributed by atoms with van der Waals surface area (Å²) >= 11 is 0. The SMILES string of the molecule is CCCNc1nc(OCCN(CC)CC)c2cn[nH]c2n1. The van der Waals surface area contributed by atoms with E-state index in [1.54, 1.807) is 6.20 Å². The van der Waals surface area contributed by atoms with Crippen molar-refractivity contribution in [1.29, 1.82) is 0 Å². The summed E-state index contributed by atoms with van der Waals surface area (Å²) in [5, 5.41) is 10.9. The van der Waals surface area contributed by atoms with Crippen LogP contribution in [0.5, 0.6) is 5.88 Å². The monoisotopic (exact) mass is 292 g/mol. The number of hydrogen-bond acceptors (Lipinski definition) is 6. The minimum atomic E-state index is 0.575. The first-order chi connectivity index (χ1) is 10.3. The molecule has 116 valence electrons. The van der Waals surface area contributed by atoms with E-state index in [2.05, 4.69) is 51.2 Å². The van der Waals surface area contributed by atoms with Gasteiger partial charge in [-0.2, -0.15) is 15.1 Å². The van der Waals surface area contributed by atoms with Crippen LogP contribution in [0.4, 0.5) is 5.95 Å². The van der Waals surface area contributed by atoms with Crippen molar-refractivity contribution in [2.45, 2.75) is 27.2 Å². The van der Waals surface area contributed by atoms with Crippen molar-refractivity contribution in [2.24, 2.45) is 0 Å². The van der Waals surface area contributed by atoms with Crippen molar-refractivity contribution in [3.63, 3.8) is 0 Å². The van der Waals surface area contributed by atoms with Gasteiger partial charge in [0.2, 0.25) is 11.8 Å². The second kappa shape index (κ2) is 7.78. The van der Waals surface area contributed by atoms with Gasteiger partial charge in [-0.3, -0.25) is 5.10 Å². The van der Waals surface area contributed by atoms with Gasteiger partial charge in [0, 0.05) is 13.1 Å². The van der Waals surface area contributed by atoms with Crippen molar-refractivity contribution in [2.75, 3.05) is 38.1 Å². The molecule has 0 radical (unpaired) electrons. The van der Waals surface area contributed by atoms with Crippen molar-refractivity contribution in [3.05, 3.63) is 6.20 Å². The molecule has 0 aliphatic carbocycles. The number of nitrogens with one attached hydrogen (secondary N) is 2. The van der Waals surface area contributed by atoms with Crippen LogP contribution < -0.4 is 10.1 Å². The number of aromatic amines is 1. The Labute approximate surface area is 125 Å². The van der Waals surface area contributed by atoms with Gasteiger partial charge in [0.25, 0.3) is 0 Å². The molecule has 0 aromatic carbocycles. The number of hydrogen-bond donors (Lipinski definition) is 2. The molecule has 0 unspecified atom stereocenters. The van der Waals surface area contributed by atoms with Crippen molar-refractivity contribution >= 4 is 17.0 Å². The van der Waals surface area contributed by atoms with E-state index in [4.69, 9.17) is 4.74 Å². The van der Waals surface area contributed by atoms with Crippen LogP contribution in [0.3, 0.4) is 0 Å². The summed E-state index contributed by atoms with van der Waals surface area (Å²) in [5.41, 5.74) is 0.696. The lowest BCUT2D eigenvalue weighted by Crippen LogP contribution is -2.28. The Morgan fingerprint density at radius 1 is 1.24 bits per heavy atom. The Morgan fingerprint density at radius 3 is 2.76 bits per heavy atom. The molecule has 2 rings (SSSR count). The molecule has 2 aromatic heterocycles. The van der Waals surface area contributed by atoms with Crippen LogP contribution in [0, 0.1) is 0 Å². The standard InChI is InChI=1S/C14H24N6O/c1-4-7-15-14-17-12-11(10-16-19-12)13(18-14)21-9-8-20(5-2)6-3/h10H,4-9H2,1-3H3,(H2,15,16,17,18,19). The van der Waals surface area contributed by atoms with Crippen molar-refractivity contribution in [3.8, 4) is 5.88 Å². The second-order valence-corrected chi connectivity index (χ2v) is 4.79. The molecule has 0 saturated carbocycles. The second-order valence-electron chi connectivity index (χ2n) is 4.79. The van der Waals surface area contributed by atoms with E-state index >= 15 is 0 Å². The lowest BCUT2D eigenvalue weighted by molar-refractivity contribution is 0.219. The van der Waals surface area contributed by atoms with Crippen LogP contribution >= 0.6 is 0 Å². The van der Waals surface area contributed by atoms with E-state index in [0.29, 0.717) is 24.1 Å². The number of aromatic nitrogens is 4.